The number of hydrogen-bond acceptors (Lipinski definition) is 2. The van der Waals surface area contributed by atoms with Gasteiger partial charge in [-0.1, -0.05) is 42.1 Å². The van der Waals surface area contributed by atoms with E-state index in [0.29, 0.717) is 5.39 Å². The summed E-state index contributed by atoms with van der Waals surface area (Å²) in [4.78, 5) is 16.6. The van der Waals surface area contributed by atoms with Crippen LogP contribution in [0.15, 0.2) is 33.8 Å². The number of hydrogen-bond donors (Lipinski definition) is 0. The van der Waals surface area contributed by atoms with E-state index in [1.54, 1.807) is 10.9 Å². The van der Waals surface area contributed by atoms with Crippen molar-refractivity contribution in [1.82, 2.24) is 9.55 Å². The number of aromatic nitrogens is 2. The van der Waals surface area contributed by atoms with E-state index in [9.17, 15) is 4.79 Å². The molecule has 0 N–H and O–H groups in total. The van der Waals surface area contributed by atoms with E-state index in [1.807, 2.05) is 18.2 Å². The smallest absolute Gasteiger partial charge is 0.261 e. The molecule has 1 aromatic heterocycles. The quantitative estimate of drug-likeness (QED) is 0.789. The van der Waals surface area contributed by atoms with Crippen molar-refractivity contribution in [2.24, 2.45) is 0 Å². The summed E-state index contributed by atoms with van der Waals surface area (Å²) in [6.07, 6.45) is 6.29. The van der Waals surface area contributed by atoms with Gasteiger partial charge in [0.15, 0.2) is 0 Å². The van der Waals surface area contributed by atoms with E-state index in [2.05, 4.69) is 27.8 Å². The molecule has 0 spiro atoms. The summed E-state index contributed by atoms with van der Waals surface area (Å²) >= 11 is 3.39. The third kappa shape index (κ3) is 2.99. The van der Waals surface area contributed by atoms with Crippen LogP contribution in [0.1, 0.15) is 32.6 Å². The lowest BCUT2D eigenvalue weighted by Crippen LogP contribution is -2.20. The summed E-state index contributed by atoms with van der Waals surface area (Å²) in [5.74, 6) is 0. The van der Waals surface area contributed by atoms with Gasteiger partial charge in [-0.15, -0.1) is 0 Å². The number of rotatable bonds is 5. The summed E-state index contributed by atoms with van der Waals surface area (Å²) in [5, 5.41) is 0.683. The van der Waals surface area contributed by atoms with Gasteiger partial charge in [-0.3, -0.25) is 9.36 Å². The van der Waals surface area contributed by atoms with Crippen LogP contribution in [0.25, 0.3) is 10.9 Å². The lowest BCUT2D eigenvalue weighted by molar-refractivity contribution is 0.567. The second-order valence-corrected chi connectivity index (χ2v) is 5.38. The number of unbranched alkanes of at least 4 members (excludes halogenated alkanes) is 3. The number of nitrogens with zero attached hydrogens (tertiary/aromatic N) is 2. The van der Waals surface area contributed by atoms with Crippen LogP contribution in [0.5, 0.6) is 0 Å². The average Bonchev–Trinajstić information content (AvgIpc) is 2.38. The molecular formula is C14H17BrN2O. The van der Waals surface area contributed by atoms with Crippen molar-refractivity contribution in [3.63, 3.8) is 0 Å². The Bertz CT molecular complexity index is 592. The molecule has 0 saturated heterocycles. The topological polar surface area (TPSA) is 34.9 Å². The molecule has 0 fully saturated rings. The fourth-order valence-corrected chi connectivity index (χ4v) is 2.36. The van der Waals surface area contributed by atoms with E-state index in [-0.39, 0.29) is 5.56 Å². The zero-order valence-electron chi connectivity index (χ0n) is 10.5. The van der Waals surface area contributed by atoms with E-state index in [1.165, 1.54) is 19.3 Å². The van der Waals surface area contributed by atoms with E-state index < -0.39 is 0 Å². The molecule has 0 radical (unpaired) electrons. The van der Waals surface area contributed by atoms with E-state index in [4.69, 9.17) is 0 Å². The Hall–Kier alpha value is -1.16. The van der Waals surface area contributed by atoms with Gasteiger partial charge in [-0.25, -0.2) is 4.98 Å². The van der Waals surface area contributed by atoms with Crippen LogP contribution in [0.4, 0.5) is 0 Å². The fraction of sp³-hybridized carbons (Fsp3) is 0.429. The van der Waals surface area contributed by atoms with Crippen molar-refractivity contribution in [2.45, 2.75) is 39.2 Å². The highest BCUT2D eigenvalue weighted by Gasteiger charge is 2.04. The maximum Gasteiger partial charge on any atom is 0.261 e. The van der Waals surface area contributed by atoms with Gasteiger partial charge in [0.1, 0.15) is 0 Å². The molecule has 0 aliphatic rings. The van der Waals surface area contributed by atoms with Crippen LogP contribution in [0.3, 0.4) is 0 Å². The maximum absolute atomic E-state index is 12.2. The lowest BCUT2D eigenvalue weighted by atomic mass is 10.2. The van der Waals surface area contributed by atoms with Crippen molar-refractivity contribution in [2.75, 3.05) is 0 Å². The number of fused-ring (bicyclic) bond motifs is 1. The summed E-state index contributed by atoms with van der Waals surface area (Å²) in [5.41, 5.74) is 0.811. The molecule has 2 aromatic rings. The van der Waals surface area contributed by atoms with Crippen molar-refractivity contribution in [3.8, 4) is 0 Å². The fourth-order valence-electron chi connectivity index (χ4n) is 2.00. The number of aryl methyl sites for hydroxylation is 1. The first-order chi connectivity index (χ1) is 8.72. The lowest BCUT2D eigenvalue weighted by Gasteiger charge is -2.06. The molecule has 18 heavy (non-hydrogen) atoms. The van der Waals surface area contributed by atoms with Gasteiger partial charge < -0.3 is 0 Å². The number of benzene rings is 1. The predicted molar refractivity (Wildman–Crippen MR) is 77.8 cm³/mol. The molecule has 0 saturated carbocycles. The molecule has 1 aromatic carbocycles. The first-order valence-electron chi connectivity index (χ1n) is 6.37. The Labute approximate surface area is 115 Å². The monoisotopic (exact) mass is 308 g/mol. The third-order valence-corrected chi connectivity index (χ3v) is 3.53. The molecular weight excluding hydrogens is 292 g/mol. The van der Waals surface area contributed by atoms with Gasteiger partial charge in [0.05, 0.1) is 17.2 Å². The summed E-state index contributed by atoms with van der Waals surface area (Å²) in [7, 11) is 0. The van der Waals surface area contributed by atoms with Crippen LogP contribution in [-0.2, 0) is 6.54 Å². The molecule has 0 unspecified atom stereocenters. The first kappa shape index (κ1) is 13.3. The van der Waals surface area contributed by atoms with Crippen molar-refractivity contribution < 1.29 is 0 Å². The van der Waals surface area contributed by atoms with Crippen LogP contribution >= 0.6 is 15.9 Å². The Morgan fingerprint density at radius 1 is 1.28 bits per heavy atom. The van der Waals surface area contributed by atoms with Crippen LogP contribution in [0, 0.1) is 0 Å². The number of halogens is 1. The SMILES string of the molecule is CCCCCCn1cnc2ccc(Br)cc2c1=O. The maximum atomic E-state index is 12.2. The van der Waals surface area contributed by atoms with Crippen molar-refractivity contribution >= 4 is 26.8 Å². The van der Waals surface area contributed by atoms with Gasteiger partial charge in [-0.05, 0) is 24.6 Å². The van der Waals surface area contributed by atoms with E-state index in [0.717, 1.165) is 23.0 Å². The molecule has 0 amide bonds. The van der Waals surface area contributed by atoms with Crippen LogP contribution < -0.4 is 5.56 Å². The molecule has 0 aliphatic carbocycles. The van der Waals surface area contributed by atoms with Gasteiger partial charge in [-0.2, -0.15) is 0 Å². The van der Waals surface area contributed by atoms with Gasteiger partial charge in [0.2, 0.25) is 0 Å². The molecule has 96 valence electrons. The van der Waals surface area contributed by atoms with E-state index >= 15 is 0 Å². The Morgan fingerprint density at radius 3 is 2.89 bits per heavy atom. The largest absolute Gasteiger partial charge is 0.299 e. The Kier molecular flexibility index (Phi) is 4.53. The van der Waals surface area contributed by atoms with Crippen LogP contribution in [0.2, 0.25) is 0 Å². The third-order valence-electron chi connectivity index (χ3n) is 3.04. The van der Waals surface area contributed by atoms with Crippen LogP contribution in [-0.4, -0.2) is 9.55 Å². The predicted octanol–water partition coefficient (Wildman–Crippen LogP) is 3.74. The second-order valence-electron chi connectivity index (χ2n) is 4.47. The molecule has 4 heteroatoms. The minimum atomic E-state index is 0.0535. The van der Waals surface area contributed by atoms with Gasteiger partial charge in [0.25, 0.3) is 5.56 Å². The zero-order chi connectivity index (χ0) is 13.0. The Balaban J connectivity index is 2.24. The normalized spacial score (nSPS) is 11.0. The van der Waals surface area contributed by atoms with Crippen molar-refractivity contribution in [1.29, 1.82) is 0 Å². The first-order valence-corrected chi connectivity index (χ1v) is 7.16. The zero-order valence-corrected chi connectivity index (χ0v) is 12.1. The highest BCUT2D eigenvalue weighted by molar-refractivity contribution is 9.10. The van der Waals surface area contributed by atoms with Crippen molar-refractivity contribution in [3.05, 3.63) is 39.4 Å². The molecule has 0 atom stereocenters. The van der Waals surface area contributed by atoms with Gasteiger partial charge >= 0.3 is 0 Å². The highest BCUT2D eigenvalue weighted by atomic mass is 79.9. The molecule has 3 nitrogen and oxygen atoms in total. The highest BCUT2D eigenvalue weighted by Crippen LogP contribution is 2.14. The standard InChI is InChI=1S/C14H17BrN2O/c1-2-3-4-5-8-17-10-16-13-7-6-11(15)9-12(13)14(17)18/h6-7,9-10H,2-5,8H2,1H3. The van der Waals surface area contributed by atoms with Gasteiger partial charge in [0, 0.05) is 11.0 Å². The second kappa shape index (κ2) is 6.14. The average molecular weight is 309 g/mol. The summed E-state index contributed by atoms with van der Waals surface area (Å²) in [6.45, 7) is 2.94. The Morgan fingerprint density at radius 2 is 2.11 bits per heavy atom. The minimum Gasteiger partial charge on any atom is -0.299 e. The molecule has 0 bridgehead atoms. The molecule has 0 aliphatic heterocycles. The summed E-state index contributed by atoms with van der Waals surface area (Å²) < 4.78 is 2.63. The minimum absolute atomic E-state index is 0.0535. The summed E-state index contributed by atoms with van der Waals surface area (Å²) in [6, 6.07) is 5.61. The molecule has 2 rings (SSSR count). The molecule has 1 heterocycles.